The summed E-state index contributed by atoms with van der Waals surface area (Å²) in [5.41, 5.74) is -8.72. The van der Waals surface area contributed by atoms with E-state index in [-0.39, 0.29) is 0 Å². The maximum Gasteiger partial charge on any atom is 0.523 e. The van der Waals surface area contributed by atoms with Crippen molar-refractivity contribution in [2.24, 2.45) is 0 Å². The van der Waals surface area contributed by atoms with Gasteiger partial charge in [0.25, 0.3) is 0 Å². The molecule has 0 amide bonds. The van der Waals surface area contributed by atoms with Crippen molar-refractivity contribution >= 4 is 42.0 Å². The number of piperidine rings is 2. The summed E-state index contributed by atoms with van der Waals surface area (Å²) in [4.78, 5) is 2.20. The molecular weight excluding hydrogens is 719 g/mol. The van der Waals surface area contributed by atoms with E-state index in [0.717, 1.165) is 61.8 Å². The number of aromatic nitrogens is 4. The normalized spacial score (nSPS) is 18.2. The molecule has 0 bridgehead atoms. The zero-order valence-electron chi connectivity index (χ0n) is 24.0. The topological polar surface area (TPSA) is 94.3 Å². The van der Waals surface area contributed by atoms with E-state index in [4.69, 9.17) is 0 Å². The highest BCUT2D eigenvalue weighted by Crippen LogP contribution is 2.26. The van der Waals surface area contributed by atoms with Crippen LogP contribution in [0.15, 0.2) is 33.7 Å². The monoisotopic (exact) mass is 756 g/mol. The number of alkyl halides is 5. The van der Waals surface area contributed by atoms with E-state index in [2.05, 4.69) is 67.3 Å². The number of nitrogens with one attached hydrogen (secondary N) is 1. The van der Waals surface area contributed by atoms with Gasteiger partial charge in [-0.3, -0.25) is 13.5 Å². The zero-order valence-corrected chi connectivity index (χ0v) is 28.0. The van der Waals surface area contributed by atoms with Gasteiger partial charge in [-0.05, 0) is 98.3 Å². The summed E-state index contributed by atoms with van der Waals surface area (Å²) in [7, 11) is -5.67. The van der Waals surface area contributed by atoms with Gasteiger partial charge in [-0.15, -0.1) is 0 Å². The van der Waals surface area contributed by atoms with Crippen molar-refractivity contribution in [1.82, 2.24) is 29.8 Å². The highest BCUT2D eigenvalue weighted by atomic mass is 79.9. The smallest absolute Gasteiger partial charge is 0.317 e. The van der Waals surface area contributed by atoms with Crippen molar-refractivity contribution in [3.8, 4) is 0 Å². The second-order valence-corrected chi connectivity index (χ2v) is 14.8. The van der Waals surface area contributed by atoms with Crippen LogP contribution in [-0.4, -0.2) is 89.1 Å². The molecule has 2 aliphatic rings. The van der Waals surface area contributed by atoms with Gasteiger partial charge >= 0.3 is 15.6 Å². The minimum absolute atomic E-state index is 0.459. The van der Waals surface area contributed by atoms with Crippen LogP contribution in [0, 0.1) is 0 Å². The van der Waals surface area contributed by atoms with E-state index in [0.29, 0.717) is 18.6 Å². The van der Waals surface area contributed by atoms with Crippen LogP contribution in [0.3, 0.4) is 0 Å². The van der Waals surface area contributed by atoms with Crippen molar-refractivity contribution in [1.29, 1.82) is 0 Å². The Hall–Kier alpha value is -1.14. The van der Waals surface area contributed by atoms with Gasteiger partial charge in [0.2, 0.25) is 0 Å². The molecule has 0 unspecified atom stereocenters. The second kappa shape index (κ2) is 15.7. The third-order valence-corrected chi connectivity index (χ3v) is 8.01. The average Bonchev–Trinajstić information content (AvgIpc) is 3.51. The molecule has 9 nitrogen and oxygen atoms in total. The molecule has 4 heterocycles. The number of likely N-dealkylation sites (tertiary alicyclic amines) is 1. The van der Waals surface area contributed by atoms with Gasteiger partial charge < -0.3 is 10.2 Å². The Morgan fingerprint density at radius 1 is 0.857 bits per heavy atom. The molecule has 0 atom stereocenters. The van der Waals surface area contributed by atoms with Crippen LogP contribution in [0.25, 0.3) is 0 Å². The maximum atomic E-state index is 13.5. The quantitative estimate of drug-likeness (QED) is 0.204. The zero-order chi connectivity index (χ0) is 31.8. The van der Waals surface area contributed by atoms with Crippen LogP contribution in [0.5, 0.6) is 0 Å². The first-order valence-electron chi connectivity index (χ1n) is 13.4. The second-order valence-electron chi connectivity index (χ2n) is 11.4. The van der Waals surface area contributed by atoms with Gasteiger partial charge in [0.05, 0.1) is 33.4 Å². The van der Waals surface area contributed by atoms with E-state index in [1.807, 2.05) is 23.3 Å². The summed E-state index contributed by atoms with van der Waals surface area (Å²) in [5.74, 6) is 0. The lowest BCUT2D eigenvalue weighted by molar-refractivity contribution is -0.0567. The minimum Gasteiger partial charge on any atom is -0.317 e. The Kier molecular flexibility index (Phi) is 13.9. The number of hydrogen-bond donors (Lipinski definition) is 1. The van der Waals surface area contributed by atoms with E-state index in [9.17, 15) is 30.4 Å². The molecule has 2 aromatic heterocycles. The first kappa shape index (κ1) is 37.0. The molecular formula is C25H39Br2F5N6O3S. The molecule has 0 spiro atoms. The molecule has 42 heavy (non-hydrogen) atoms. The van der Waals surface area contributed by atoms with Crippen molar-refractivity contribution < 1.29 is 34.6 Å². The Morgan fingerprint density at radius 2 is 1.31 bits per heavy atom. The fourth-order valence-electron chi connectivity index (χ4n) is 4.26. The Labute approximate surface area is 260 Å². The Balaban J connectivity index is 0.000000225. The van der Waals surface area contributed by atoms with Crippen LogP contribution >= 0.6 is 31.9 Å². The number of nitrogens with zero attached hydrogens (tertiary/aromatic N) is 5. The lowest BCUT2D eigenvalue weighted by atomic mass is 10.0. The highest BCUT2D eigenvalue weighted by Gasteiger charge is 2.48. The molecule has 2 aromatic rings. The Bertz CT molecular complexity index is 1180. The van der Waals surface area contributed by atoms with E-state index in [1.54, 1.807) is 13.8 Å². The van der Waals surface area contributed by atoms with Gasteiger partial charge in [0, 0.05) is 32.0 Å². The molecule has 0 radical (unpaired) electrons. The van der Waals surface area contributed by atoms with Crippen molar-refractivity contribution in [3.05, 3.63) is 33.7 Å². The maximum absolute atomic E-state index is 13.5. The van der Waals surface area contributed by atoms with Crippen LogP contribution in [0.1, 0.15) is 65.5 Å². The lowest BCUT2D eigenvalue weighted by Gasteiger charge is -2.34. The van der Waals surface area contributed by atoms with Crippen LogP contribution < -0.4 is 5.32 Å². The standard InChI is InChI=1S/C12H19BrFN3.C8H12BrN3.C5H8F4O3S/c1-12(2,14)9-16-5-3-11(4-6-16)17-8-10(13)7-15-17;9-7-5-11-12(6-7)8-1-3-10-4-2-8;1-4(2,6)3-12-13(10,11)5(7,8)9/h7-8,11H,3-6,9H2,1-2H3;5-6,8,10H,1-4H2;3H2,1-2H3. The number of hydrogen-bond acceptors (Lipinski definition) is 7. The number of halogens is 7. The predicted octanol–water partition coefficient (Wildman–Crippen LogP) is 6.20. The van der Waals surface area contributed by atoms with Crippen molar-refractivity contribution in [2.75, 3.05) is 39.3 Å². The van der Waals surface area contributed by atoms with E-state index >= 15 is 0 Å². The fourth-order valence-corrected chi connectivity index (χ4v) is 5.43. The summed E-state index contributed by atoms with van der Waals surface area (Å²) in [6, 6.07) is 1.05. The minimum atomic E-state index is -5.67. The van der Waals surface area contributed by atoms with Gasteiger partial charge in [-0.25, -0.2) is 8.78 Å². The number of rotatable bonds is 7. The summed E-state index contributed by atoms with van der Waals surface area (Å²) < 4.78 is 90.8. The molecule has 2 aliphatic heterocycles. The molecule has 0 aromatic carbocycles. The third kappa shape index (κ3) is 13.7. The summed E-state index contributed by atoms with van der Waals surface area (Å²) in [6.45, 7) is 8.60. The summed E-state index contributed by atoms with van der Waals surface area (Å²) >= 11 is 6.81. The van der Waals surface area contributed by atoms with E-state index in [1.165, 1.54) is 12.8 Å². The van der Waals surface area contributed by atoms with Gasteiger partial charge in [0.1, 0.15) is 17.9 Å². The Morgan fingerprint density at radius 3 is 1.67 bits per heavy atom. The van der Waals surface area contributed by atoms with Gasteiger partial charge in [0.15, 0.2) is 0 Å². The van der Waals surface area contributed by atoms with Gasteiger partial charge in [-0.1, -0.05) is 0 Å². The molecule has 17 heteroatoms. The fraction of sp³-hybridized carbons (Fsp3) is 0.760. The first-order chi connectivity index (χ1) is 19.3. The van der Waals surface area contributed by atoms with E-state index < -0.39 is 33.6 Å². The summed E-state index contributed by atoms with van der Waals surface area (Å²) in [6.07, 6.45) is 12.2. The molecule has 1 N–H and O–H groups in total. The SMILES string of the molecule is Brc1cnn(C2CCNCC2)c1.CC(C)(F)CN1CCC(n2cc(Br)cn2)CC1.CC(C)(F)COS(=O)(=O)C(F)(F)F. The first-order valence-corrected chi connectivity index (χ1v) is 16.4. The highest BCUT2D eigenvalue weighted by molar-refractivity contribution is 9.10. The molecule has 242 valence electrons. The molecule has 2 fully saturated rings. The summed E-state index contributed by atoms with van der Waals surface area (Å²) in [5, 5.41) is 11.9. The van der Waals surface area contributed by atoms with Gasteiger partial charge in [-0.2, -0.15) is 31.8 Å². The molecule has 0 saturated carbocycles. The van der Waals surface area contributed by atoms with Crippen LogP contribution in [-0.2, 0) is 14.3 Å². The van der Waals surface area contributed by atoms with Crippen LogP contribution in [0.2, 0.25) is 0 Å². The predicted molar refractivity (Wildman–Crippen MR) is 157 cm³/mol. The molecule has 0 aliphatic carbocycles. The van der Waals surface area contributed by atoms with Crippen molar-refractivity contribution in [2.45, 2.75) is 82.3 Å². The van der Waals surface area contributed by atoms with Crippen LogP contribution in [0.4, 0.5) is 22.0 Å². The average molecular weight is 758 g/mol. The van der Waals surface area contributed by atoms with Crippen molar-refractivity contribution in [3.63, 3.8) is 0 Å². The lowest BCUT2D eigenvalue weighted by Crippen LogP contribution is -2.41. The molecule has 4 rings (SSSR count). The largest absolute Gasteiger partial charge is 0.523 e. The molecule has 2 saturated heterocycles. The third-order valence-electron chi connectivity index (χ3n) is 6.19.